The van der Waals surface area contributed by atoms with Crippen molar-refractivity contribution in [1.82, 2.24) is 0 Å². The number of carboxylic acid groups (broad SMARTS) is 1. The van der Waals surface area contributed by atoms with E-state index in [1.807, 2.05) is 0 Å². The second-order valence-corrected chi connectivity index (χ2v) is 5.01. The van der Waals surface area contributed by atoms with E-state index in [1.54, 1.807) is 24.3 Å². The first-order valence-electron chi connectivity index (χ1n) is 3.78. The maximum Gasteiger partial charge on any atom is 0.307 e. The molecule has 0 fully saturated rings. The van der Waals surface area contributed by atoms with Crippen LogP contribution in [0, 0.1) is 0 Å². The molecule has 5 heteroatoms. The van der Waals surface area contributed by atoms with E-state index in [1.165, 1.54) is 0 Å². The molecule has 0 spiro atoms. The largest absolute Gasteiger partial charge is 0.481 e. The number of hydrogen-bond donors (Lipinski definition) is 1. The molecular formula is C9H7Cl3O2. The smallest absolute Gasteiger partial charge is 0.307 e. The average Bonchev–Trinajstić information content (AvgIpc) is 2.01. The fourth-order valence-corrected chi connectivity index (χ4v) is 1.67. The molecule has 1 rings (SSSR count). The van der Waals surface area contributed by atoms with Gasteiger partial charge < -0.3 is 5.11 Å². The van der Waals surface area contributed by atoms with Gasteiger partial charge in [-0.25, -0.2) is 0 Å². The highest BCUT2D eigenvalue weighted by Crippen LogP contribution is 2.39. The van der Waals surface area contributed by atoms with Crippen LogP contribution in [0.2, 0.25) is 0 Å². The first kappa shape index (κ1) is 11.6. The minimum atomic E-state index is -1.58. The Labute approximate surface area is 96.4 Å². The summed E-state index contributed by atoms with van der Waals surface area (Å²) in [7, 11) is 0. The fraction of sp³-hybridized carbons (Fsp3) is 0.222. The second kappa shape index (κ2) is 4.39. The van der Waals surface area contributed by atoms with Crippen molar-refractivity contribution < 1.29 is 9.90 Å². The SMILES string of the molecule is O=C(O)Cc1ccccc1C(Cl)(Cl)Cl. The van der Waals surface area contributed by atoms with E-state index >= 15 is 0 Å². The molecule has 0 bridgehead atoms. The monoisotopic (exact) mass is 252 g/mol. The highest BCUT2D eigenvalue weighted by atomic mass is 35.6. The third-order valence-electron chi connectivity index (χ3n) is 1.66. The molecule has 0 aliphatic rings. The van der Waals surface area contributed by atoms with Crippen LogP contribution >= 0.6 is 34.8 Å². The number of rotatable bonds is 2. The first-order chi connectivity index (χ1) is 6.41. The lowest BCUT2D eigenvalue weighted by Crippen LogP contribution is -2.09. The van der Waals surface area contributed by atoms with Crippen LogP contribution in [0.1, 0.15) is 11.1 Å². The van der Waals surface area contributed by atoms with Gasteiger partial charge in [-0.2, -0.15) is 0 Å². The standard InChI is InChI=1S/C9H7Cl3O2/c10-9(11,12)7-4-2-1-3-6(7)5-8(13)14/h1-4H,5H2,(H,13,14). The molecule has 2 nitrogen and oxygen atoms in total. The van der Waals surface area contributed by atoms with Gasteiger partial charge in [-0.05, 0) is 5.56 Å². The van der Waals surface area contributed by atoms with Gasteiger partial charge in [-0.15, -0.1) is 0 Å². The lowest BCUT2D eigenvalue weighted by atomic mass is 10.1. The minimum Gasteiger partial charge on any atom is -0.481 e. The number of hydrogen-bond acceptors (Lipinski definition) is 1. The molecule has 0 aromatic heterocycles. The Morgan fingerprint density at radius 2 is 1.86 bits per heavy atom. The molecule has 76 valence electrons. The maximum absolute atomic E-state index is 10.5. The van der Waals surface area contributed by atoms with Crippen molar-refractivity contribution >= 4 is 40.8 Å². The minimum absolute atomic E-state index is 0.149. The van der Waals surface area contributed by atoms with Crippen molar-refractivity contribution in [2.45, 2.75) is 10.2 Å². The summed E-state index contributed by atoms with van der Waals surface area (Å²) in [5.41, 5.74) is 0.924. The number of halogens is 3. The molecule has 0 heterocycles. The van der Waals surface area contributed by atoms with Gasteiger partial charge in [0.05, 0.1) is 6.42 Å². The van der Waals surface area contributed by atoms with Gasteiger partial charge in [0.2, 0.25) is 3.79 Å². The van der Waals surface area contributed by atoms with Crippen molar-refractivity contribution in [2.24, 2.45) is 0 Å². The molecule has 14 heavy (non-hydrogen) atoms. The lowest BCUT2D eigenvalue weighted by Gasteiger charge is -2.14. The zero-order valence-electron chi connectivity index (χ0n) is 7.01. The normalized spacial score (nSPS) is 11.4. The highest BCUT2D eigenvalue weighted by Gasteiger charge is 2.26. The third kappa shape index (κ3) is 3.05. The van der Waals surface area contributed by atoms with Gasteiger partial charge in [0, 0.05) is 5.56 Å². The molecule has 1 aromatic rings. The molecule has 0 atom stereocenters. The van der Waals surface area contributed by atoms with E-state index in [9.17, 15) is 4.79 Å². The zero-order valence-corrected chi connectivity index (χ0v) is 9.27. The number of alkyl halides is 3. The average molecular weight is 254 g/mol. The van der Waals surface area contributed by atoms with Gasteiger partial charge in [-0.3, -0.25) is 4.79 Å². The van der Waals surface area contributed by atoms with Crippen molar-refractivity contribution in [2.75, 3.05) is 0 Å². The van der Waals surface area contributed by atoms with Crippen LogP contribution in [0.5, 0.6) is 0 Å². The van der Waals surface area contributed by atoms with Gasteiger partial charge in [0.15, 0.2) is 0 Å². The molecule has 0 unspecified atom stereocenters. The Bertz CT molecular complexity index is 344. The summed E-state index contributed by atoms with van der Waals surface area (Å²) in [4.78, 5) is 10.5. The van der Waals surface area contributed by atoms with Crippen LogP contribution in [0.3, 0.4) is 0 Å². The zero-order chi connectivity index (χ0) is 10.8. The van der Waals surface area contributed by atoms with Crippen LogP contribution in [0.15, 0.2) is 24.3 Å². The van der Waals surface area contributed by atoms with E-state index in [-0.39, 0.29) is 6.42 Å². The van der Waals surface area contributed by atoms with Gasteiger partial charge in [0.25, 0.3) is 0 Å². The summed E-state index contributed by atoms with van der Waals surface area (Å²) >= 11 is 17.1. The van der Waals surface area contributed by atoms with Crippen LogP contribution in [0.25, 0.3) is 0 Å². The van der Waals surface area contributed by atoms with E-state index < -0.39 is 9.76 Å². The quantitative estimate of drug-likeness (QED) is 0.822. The predicted molar refractivity (Wildman–Crippen MR) is 57.0 cm³/mol. The Morgan fingerprint density at radius 1 is 1.29 bits per heavy atom. The van der Waals surface area contributed by atoms with Crippen molar-refractivity contribution in [3.05, 3.63) is 35.4 Å². The summed E-state index contributed by atoms with van der Waals surface area (Å²) in [6.45, 7) is 0. The molecule has 0 saturated carbocycles. The molecule has 0 aliphatic carbocycles. The summed E-state index contributed by atoms with van der Waals surface area (Å²) in [6, 6.07) is 6.64. The van der Waals surface area contributed by atoms with E-state index in [0.29, 0.717) is 11.1 Å². The fourth-order valence-electron chi connectivity index (χ4n) is 1.11. The van der Waals surface area contributed by atoms with Crippen molar-refractivity contribution in [3.63, 3.8) is 0 Å². The second-order valence-electron chi connectivity index (χ2n) is 2.73. The van der Waals surface area contributed by atoms with Crippen LogP contribution < -0.4 is 0 Å². The van der Waals surface area contributed by atoms with Crippen LogP contribution in [0.4, 0.5) is 0 Å². The Morgan fingerprint density at radius 3 is 2.36 bits per heavy atom. The van der Waals surface area contributed by atoms with Crippen molar-refractivity contribution in [1.29, 1.82) is 0 Å². The first-order valence-corrected chi connectivity index (χ1v) is 4.91. The lowest BCUT2D eigenvalue weighted by molar-refractivity contribution is -0.136. The summed E-state index contributed by atoms with van der Waals surface area (Å²) in [5, 5.41) is 8.63. The summed E-state index contributed by atoms with van der Waals surface area (Å²) in [5.74, 6) is -0.952. The molecule has 0 amide bonds. The summed E-state index contributed by atoms with van der Waals surface area (Å²) in [6.07, 6.45) is -0.149. The molecule has 0 radical (unpaired) electrons. The van der Waals surface area contributed by atoms with Crippen molar-refractivity contribution in [3.8, 4) is 0 Å². The van der Waals surface area contributed by atoms with E-state index in [4.69, 9.17) is 39.9 Å². The van der Waals surface area contributed by atoms with Crippen LogP contribution in [-0.4, -0.2) is 11.1 Å². The molecule has 1 N–H and O–H groups in total. The molecule has 0 saturated heterocycles. The predicted octanol–water partition coefficient (Wildman–Crippen LogP) is 3.14. The Kier molecular flexibility index (Phi) is 3.65. The molecule has 0 aliphatic heterocycles. The van der Waals surface area contributed by atoms with Gasteiger partial charge in [-0.1, -0.05) is 59.1 Å². The Balaban J connectivity index is 3.10. The number of benzene rings is 1. The number of aliphatic carboxylic acids is 1. The number of carboxylic acids is 1. The van der Waals surface area contributed by atoms with Gasteiger partial charge in [0.1, 0.15) is 0 Å². The van der Waals surface area contributed by atoms with E-state index in [2.05, 4.69) is 0 Å². The molecular weight excluding hydrogens is 246 g/mol. The number of carbonyl (C=O) groups is 1. The van der Waals surface area contributed by atoms with Crippen LogP contribution in [-0.2, 0) is 15.0 Å². The van der Waals surface area contributed by atoms with Gasteiger partial charge >= 0.3 is 5.97 Å². The highest BCUT2D eigenvalue weighted by molar-refractivity contribution is 6.66. The topological polar surface area (TPSA) is 37.3 Å². The third-order valence-corrected chi connectivity index (χ3v) is 2.28. The summed E-state index contributed by atoms with van der Waals surface area (Å²) < 4.78 is -1.58. The maximum atomic E-state index is 10.5. The van der Waals surface area contributed by atoms with E-state index in [0.717, 1.165) is 0 Å². The molecule has 1 aromatic carbocycles. The Hall–Kier alpha value is -0.440.